The third-order valence-electron chi connectivity index (χ3n) is 3.43. The number of ether oxygens (including phenoxy) is 1. The molecule has 21 heavy (non-hydrogen) atoms. The quantitative estimate of drug-likeness (QED) is 0.413. The molecular formula is C11H15N5O5. The first-order valence-electron chi connectivity index (χ1n) is 6.29. The van der Waals surface area contributed by atoms with Gasteiger partial charge < -0.3 is 30.9 Å². The van der Waals surface area contributed by atoms with E-state index in [4.69, 9.17) is 20.7 Å². The Balaban J connectivity index is 2.07. The summed E-state index contributed by atoms with van der Waals surface area (Å²) in [4.78, 5) is 12.0. The minimum Gasteiger partial charge on any atom is -0.394 e. The molecule has 0 radical (unpaired) electrons. The number of hydrogen-bond acceptors (Lipinski definition) is 9. The fraction of sp³-hybridized carbons (Fsp3) is 0.545. The highest BCUT2D eigenvalue weighted by Gasteiger charge is 2.44. The van der Waals surface area contributed by atoms with E-state index >= 15 is 0 Å². The van der Waals surface area contributed by atoms with Crippen molar-refractivity contribution in [1.29, 1.82) is 0 Å². The normalized spacial score (nSPS) is 29.3. The van der Waals surface area contributed by atoms with Gasteiger partial charge in [0.2, 0.25) is 0 Å². The van der Waals surface area contributed by atoms with Crippen LogP contribution >= 0.6 is 0 Å². The Bertz CT molecular complexity index is 662. The first-order valence-corrected chi connectivity index (χ1v) is 6.29. The van der Waals surface area contributed by atoms with Crippen molar-refractivity contribution in [3.05, 3.63) is 12.2 Å². The number of nitrogens with two attached hydrogens (primary N) is 1. The van der Waals surface area contributed by atoms with E-state index < -0.39 is 37.8 Å². The molecule has 0 bridgehead atoms. The number of nitrogen functional groups attached to an aromatic ring is 1. The summed E-state index contributed by atoms with van der Waals surface area (Å²) < 4.78 is 6.80. The number of anilines is 1. The van der Waals surface area contributed by atoms with E-state index in [1.54, 1.807) is 0 Å². The number of rotatable bonds is 3. The van der Waals surface area contributed by atoms with E-state index in [9.17, 15) is 10.2 Å². The molecule has 0 unspecified atom stereocenters. The number of fused-ring (bicyclic) bond motifs is 1. The van der Waals surface area contributed by atoms with Crippen LogP contribution < -0.4 is 5.73 Å². The number of aliphatic hydroxyl groups excluding tert-OH is 4. The molecule has 0 aromatic carbocycles. The average molecular weight is 297 g/mol. The highest BCUT2D eigenvalue weighted by molar-refractivity contribution is 5.81. The van der Waals surface area contributed by atoms with Gasteiger partial charge in [-0.25, -0.2) is 15.0 Å². The zero-order valence-corrected chi connectivity index (χ0v) is 10.9. The Morgan fingerprint density at radius 1 is 1.24 bits per heavy atom. The van der Waals surface area contributed by atoms with Crippen molar-refractivity contribution < 1.29 is 25.2 Å². The Kier molecular flexibility index (Phi) is 3.47. The van der Waals surface area contributed by atoms with Crippen molar-refractivity contribution in [3.8, 4) is 0 Å². The minimum absolute atomic E-state index is 0.0922. The van der Waals surface area contributed by atoms with Crippen molar-refractivity contribution in [2.45, 2.75) is 31.1 Å². The third-order valence-corrected chi connectivity index (χ3v) is 3.43. The lowest BCUT2D eigenvalue weighted by Gasteiger charge is -2.16. The molecule has 1 aliphatic heterocycles. The third kappa shape index (κ3) is 2.13. The van der Waals surface area contributed by atoms with Gasteiger partial charge in [-0.2, -0.15) is 0 Å². The SMILES string of the molecule is Nc1nc(CO)nc2c1ncn2[C@@H]1O[C@H](CO)[C@@H](O)[C@H]1O. The minimum atomic E-state index is -1.26. The van der Waals surface area contributed by atoms with Crippen LogP contribution in [0.25, 0.3) is 11.2 Å². The molecule has 1 saturated heterocycles. The van der Waals surface area contributed by atoms with Crippen molar-refractivity contribution in [1.82, 2.24) is 19.5 Å². The van der Waals surface area contributed by atoms with Crippen LogP contribution in [0.4, 0.5) is 5.82 Å². The van der Waals surface area contributed by atoms with Gasteiger partial charge in [-0.05, 0) is 0 Å². The second-order valence-electron chi connectivity index (χ2n) is 4.74. The van der Waals surface area contributed by atoms with E-state index in [2.05, 4.69) is 15.0 Å². The van der Waals surface area contributed by atoms with E-state index in [0.717, 1.165) is 0 Å². The van der Waals surface area contributed by atoms with Gasteiger partial charge in [-0.1, -0.05) is 0 Å². The second-order valence-corrected chi connectivity index (χ2v) is 4.74. The molecule has 1 fully saturated rings. The molecule has 0 saturated carbocycles. The van der Waals surface area contributed by atoms with Crippen molar-refractivity contribution in [2.24, 2.45) is 0 Å². The van der Waals surface area contributed by atoms with Gasteiger partial charge in [0, 0.05) is 0 Å². The Morgan fingerprint density at radius 3 is 2.62 bits per heavy atom. The van der Waals surface area contributed by atoms with Crippen LogP contribution in [0.15, 0.2) is 6.33 Å². The summed E-state index contributed by atoms with van der Waals surface area (Å²) in [6, 6.07) is 0. The summed E-state index contributed by atoms with van der Waals surface area (Å²) in [5.74, 6) is 0.197. The van der Waals surface area contributed by atoms with Crippen LogP contribution in [0.1, 0.15) is 12.1 Å². The molecule has 10 heteroatoms. The van der Waals surface area contributed by atoms with Gasteiger partial charge in [0.1, 0.15) is 30.4 Å². The Labute approximate surface area is 118 Å². The van der Waals surface area contributed by atoms with Crippen LogP contribution in [0.5, 0.6) is 0 Å². The lowest BCUT2D eigenvalue weighted by atomic mass is 10.1. The fourth-order valence-electron chi connectivity index (χ4n) is 2.35. The smallest absolute Gasteiger partial charge is 0.168 e. The number of nitrogens with zero attached hydrogens (tertiary/aromatic N) is 4. The van der Waals surface area contributed by atoms with Crippen LogP contribution in [-0.2, 0) is 11.3 Å². The number of hydrogen-bond donors (Lipinski definition) is 5. The largest absolute Gasteiger partial charge is 0.394 e. The number of aliphatic hydroxyl groups is 4. The molecule has 1 aliphatic rings. The zero-order valence-electron chi connectivity index (χ0n) is 10.9. The molecule has 0 aliphatic carbocycles. The van der Waals surface area contributed by atoms with Crippen molar-refractivity contribution >= 4 is 17.0 Å². The standard InChI is InChI=1S/C11H15N5O5/c12-9-6-10(15-5(2-18)14-9)16(3-13-6)11-8(20)7(19)4(1-17)21-11/h3-4,7-8,11,17-20H,1-2H2,(H2,12,14,15)/t4-,7-,8-,11-/m1/s1. The van der Waals surface area contributed by atoms with Gasteiger partial charge >= 0.3 is 0 Å². The molecule has 3 rings (SSSR count). The Morgan fingerprint density at radius 2 is 2.00 bits per heavy atom. The monoisotopic (exact) mass is 297 g/mol. The van der Waals surface area contributed by atoms with Gasteiger partial charge in [0.05, 0.1) is 12.9 Å². The summed E-state index contributed by atoms with van der Waals surface area (Å²) in [5, 5.41) is 38.1. The summed E-state index contributed by atoms with van der Waals surface area (Å²) in [5.41, 5.74) is 6.29. The first-order chi connectivity index (χ1) is 10.1. The van der Waals surface area contributed by atoms with E-state index in [1.165, 1.54) is 10.9 Å². The van der Waals surface area contributed by atoms with Gasteiger partial charge in [-0.3, -0.25) is 4.57 Å². The van der Waals surface area contributed by atoms with Crippen molar-refractivity contribution in [2.75, 3.05) is 12.3 Å². The maximum atomic E-state index is 10.0. The lowest BCUT2D eigenvalue weighted by Crippen LogP contribution is -2.33. The molecule has 6 N–H and O–H groups in total. The number of aromatic nitrogens is 4. The van der Waals surface area contributed by atoms with E-state index in [0.29, 0.717) is 5.52 Å². The number of imidazole rings is 1. The van der Waals surface area contributed by atoms with Crippen molar-refractivity contribution in [3.63, 3.8) is 0 Å². The molecule has 114 valence electrons. The highest BCUT2D eigenvalue weighted by atomic mass is 16.6. The molecule has 2 aromatic heterocycles. The van der Waals surface area contributed by atoms with Crippen LogP contribution in [-0.4, -0.2) is 64.9 Å². The molecule has 0 spiro atoms. The van der Waals surface area contributed by atoms with Gasteiger partial charge in [0.15, 0.2) is 23.5 Å². The maximum absolute atomic E-state index is 10.0. The maximum Gasteiger partial charge on any atom is 0.168 e. The summed E-state index contributed by atoms with van der Waals surface area (Å²) in [6.07, 6.45) is -3.01. The van der Waals surface area contributed by atoms with Gasteiger partial charge in [0.25, 0.3) is 0 Å². The predicted molar refractivity (Wildman–Crippen MR) is 68.7 cm³/mol. The average Bonchev–Trinajstić information content (AvgIpc) is 3.02. The molecule has 3 heterocycles. The fourth-order valence-corrected chi connectivity index (χ4v) is 2.35. The molecular weight excluding hydrogens is 282 g/mol. The molecule has 4 atom stereocenters. The summed E-state index contributed by atoms with van der Waals surface area (Å²) in [6.45, 7) is -0.832. The van der Waals surface area contributed by atoms with Crippen LogP contribution in [0.2, 0.25) is 0 Å². The highest BCUT2D eigenvalue weighted by Crippen LogP contribution is 2.31. The first kappa shape index (κ1) is 14.1. The topological polar surface area (TPSA) is 160 Å². The van der Waals surface area contributed by atoms with Crippen LogP contribution in [0.3, 0.4) is 0 Å². The molecule has 2 aromatic rings. The van der Waals surface area contributed by atoms with E-state index in [1.807, 2.05) is 0 Å². The Hall–Kier alpha value is -1.85. The summed E-state index contributed by atoms with van der Waals surface area (Å²) >= 11 is 0. The second kappa shape index (κ2) is 5.16. The summed E-state index contributed by atoms with van der Waals surface area (Å²) in [7, 11) is 0. The van der Waals surface area contributed by atoms with Gasteiger partial charge in [-0.15, -0.1) is 0 Å². The lowest BCUT2D eigenvalue weighted by molar-refractivity contribution is -0.0511. The zero-order chi connectivity index (χ0) is 15.1. The molecule has 0 amide bonds. The van der Waals surface area contributed by atoms with E-state index in [-0.39, 0.29) is 17.3 Å². The van der Waals surface area contributed by atoms with Crippen LogP contribution in [0, 0.1) is 0 Å². The predicted octanol–water partition coefficient (Wildman–Crippen LogP) is -2.49. The molecule has 10 nitrogen and oxygen atoms in total.